The molecule has 0 bridgehead atoms. The second-order valence-electron chi connectivity index (χ2n) is 6.87. The van der Waals surface area contributed by atoms with Gasteiger partial charge in [-0.05, 0) is 73.7 Å². The molecule has 0 aliphatic rings. The minimum absolute atomic E-state index is 0.0242. The van der Waals surface area contributed by atoms with E-state index in [2.05, 4.69) is 26.0 Å². The molecule has 0 atom stereocenters. The molecule has 0 saturated heterocycles. The maximum absolute atomic E-state index is 14.2. The summed E-state index contributed by atoms with van der Waals surface area (Å²) >= 11 is 0. The van der Waals surface area contributed by atoms with Crippen molar-refractivity contribution in [2.24, 2.45) is 0 Å². The third kappa shape index (κ3) is 4.27. The van der Waals surface area contributed by atoms with Crippen LogP contribution in [0.4, 0.5) is 10.1 Å². The van der Waals surface area contributed by atoms with E-state index in [1.165, 1.54) is 22.9 Å². The monoisotopic (exact) mass is 422 g/mol. The highest BCUT2D eigenvalue weighted by molar-refractivity contribution is 6.04. The molecule has 0 fully saturated rings. The summed E-state index contributed by atoms with van der Waals surface area (Å²) in [6.07, 6.45) is 0. The lowest BCUT2D eigenvalue weighted by molar-refractivity contribution is 0.102. The lowest BCUT2D eigenvalue weighted by Crippen LogP contribution is -2.13. The van der Waals surface area contributed by atoms with E-state index in [0.29, 0.717) is 35.2 Å². The predicted molar refractivity (Wildman–Crippen MR) is 109 cm³/mol. The van der Waals surface area contributed by atoms with Crippen LogP contribution in [-0.4, -0.2) is 31.3 Å². The van der Waals surface area contributed by atoms with Crippen LogP contribution < -0.4 is 10.1 Å². The summed E-state index contributed by atoms with van der Waals surface area (Å²) in [7, 11) is 0. The molecule has 0 radical (unpaired) electrons. The van der Waals surface area contributed by atoms with Crippen LogP contribution in [0.2, 0.25) is 0 Å². The number of carbonyl (C=O) groups is 1. The number of aromatic nitrogens is 5. The maximum Gasteiger partial charge on any atom is 0.255 e. The van der Waals surface area contributed by atoms with Gasteiger partial charge in [-0.2, -0.15) is 4.68 Å². The summed E-state index contributed by atoms with van der Waals surface area (Å²) in [6.45, 7) is 5.69. The van der Waals surface area contributed by atoms with Crippen molar-refractivity contribution in [3.63, 3.8) is 0 Å². The highest BCUT2D eigenvalue weighted by Gasteiger charge is 2.13. The summed E-state index contributed by atoms with van der Waals surface area (Å²) in [4.78, 5) is 12.6. The Morgan fingerprint density at radius 2 is 1.94 bits per heavy atom. The molecule has 4 aromatic rings. The summed E-state index contributed by atoms with van der Waals surface area (Å²) in [5.41, 5.74) is 2.57. The number of tetrazole rings is 1. The van der Waals surface area contributed by atoms with Crippen LogP contribution in [0.15, 0.2) is 47.0 Å². The zero-order chi connectivity index (χ0) is 22.0. The molecule has 2 heterocycles. The van der Waals surface area contributed by atoms with Gasteiger partial charge in [0.05, 0.1) is 22.6 Å². The van der Waals surface area contributed by atoms with Gasteiger partial charge in [-0.15, -0.1) is 5.10 Å². The number of nitrogens with zero attached hydrogens (tertiary/aromatic N) is 5. The minimum Gasteiger partial charge on any atom is -0.489 e. The van der Waals surface area contributed by atoms with Crippen LogP contribution >= 0.6 is 0 Å². The lowest BCUT2D eigenvalue weighted by atomic mass is 10.2. The normalized spacial score (nSPS) is 10.8. The van der Waals surface area contributed by atoms with Crippen LogP contribution in [-0.2, 0) is 6.61 Å². The first-order chi connectivity index (χ1) is 14.9. The molecule has 2 aromatic heterocycles. The number of hydrogen-bond acceptors (Lipinski definition) is 7. The Labute approximate surface area is 176 Å². The first-order valence-electron chi connectivity index (χ1n) is 9.43. The van der Waals surface area contributed by atoms with Crippen molar-refractivity contribution in [2.45, 2.75) is 27.4 Å². The number of benzene rings is 2. The van der Waals surface area contributed by atoms with Gasteiger partial charge < -0.3 is 14.6 Å². The fourth-order valence-corrected chi connectivity index (χ4v) is 2.97. The summed E-state index contributed by atoms with van der Waals surface area (Å²) in [5, 5.41) is 17.7. The Bertz CT molecular complexity index is 1210. The summed E-state index contributed by atoms with van der Waals surface area (Å²) in [5.74, 6) is 0.800. The molecule has 4 rings (SSSR count). The van der Waals surface area contributed by atoms with Crippen LogP contribution in [0.1, 0.15) is 33.2 Å². The number of aryl methyl sites for hydroxylation is 3. The molecule has 31 heavy (non-hydrogen) atoms. The molecule has 10 heteroatoms. The minimum atomic E-state index is -0.567. The Balaban J connectivity index is 1.45. The van der Waals surface area contributed by atoms with Crippen molar-refractivity contribution in [1.82, 2.24) is 25.4 Å². The van der Waals surface area contributed by atoms with E-state index in [9.17, 15) is 9.18 Å². The van der Waals surface area contributed by atoms with E-state index in [-0.39, 0.29) is 5.69 Å². The van der Waals surface area contributed by atoms with Gasteiger partial charge in [-0.3, -0.25) is 4.79 Å². The van der Waals surface area contributed by atoms with Crippen LogP contribution in [0, 0.1) is 26.6 Å². The van der Waals surface area contributed by atoms with Crippen molar-refractivity contribution < 1.29 is 18.4 Å². The van der Waals surface area contributed by atoms with E-state index >= 15 is 0 Å². The number of rotatable bonds is 6. The third-order valence-corrected chi connectivity index (χ3v) is 4.75. The Kier molecular flexibility index (Phi) is 5.44. The average molecular weight is 422 g/mol. The molecule has 0 saturated carbocycles. The molecular formula is C21H19FN6O3. The number of ether oxygens (including phenoxy) is 1. The number of halogens is 1. The van der Waals surface area contributed by atoms with E-state index in [1.807, 2.05) is 13.8 Å². The van der Waals surface area contributed by atoms with Crippen LogP contribution in [0.25, 0.3) is 5.69 Å². The van der Waals surface area contributed by atoms with E-state index < -0.39 is 11.7 Å². The SMILES string of the molecule is Cc1noc(C)c1COc1ccc(C(=O)Nc2cc(-n3nnnc3C)ccc2F)cc1. The van der Waals surface area contributed by atoms with Gasteiger partial charge in [0.25, 0.3) is 5.91 Å². The standard InChI is InChI=1S/C21H19FN6O3/c1-12-18(13(2)31-25-12)11-30-17-7-4-15(5-8-17)21(29)23-20-10-16(6-9-19(20)22)28-14(3)24-26-27-28/h4-10H,11H2,1-3H3,(H,23,29). The smallest absolute Gasteiger partial charge is 0.255 e. The Morgan fingerprint density at radius 1 is 1.16 bits per heavy atom. The number of anilines is 1. The predicted octanol–water partition coefficient (Wildman–Crippen LogP) is 3.55. The number of hydrogen-bond donors (Lipinski definition) is 1. The summed E-state index contributed by atoms with van der Waals surface area (Å²) < 4.78 is 26.5. The molecule has 158 valence electrons. The molecule has 2 aromatic carbocycles. The highest BCUT2D eigenvalue weighted by Crippen LogP contribution is 2.21. The van der Waals surface area contributed by atoms with E-state index in [4.69, 9.17) is 9.26 Å². The molecule has 0 unspecified atom stereocenters. The molecule has 0 aliphatic heterocycles. The third-order valence-electron chi connectivity index (χ3n) is 4.75. The highest BCUT2D eigenvalue weighted by atomic mass is 19.1. The Hall–Kier alpha value is -4.08. The fraction of sp³-hybridized carbons (Fsp3) is 0.190. The molecule has 9 nitrogen and oxygen atoms in total. The van der Waals surface area contributed by atoms with E-state index in [1.54, 1.807) is 31.2 Å². The van der Waals surface area contributed by atoms with Crippen LogP contribution in [0.5, 0.6) is 5.75 Å². The largest absolute Gasteiger partial charge is 0.489 e. The van der Waals surface area contributed by atoms with Gasteiger partial charge in [-0.25, -0.2) is 4.39 Å². The quantitative estimate of drug-likeness (QED) is 0.506. The van der Waals surface area contributed by atoms with Crippen molar-refractivity contribution in [1.29, 1.82) is 0 Å². The number of nitrogens with one attached hydrogen (secondary N) is 1. The second-order valence-corrected chi connectivity index (χ2v) is 6.87. The van der Waals surface area contributed by atoms with Gasteiger partial charge in [0, 0.05) is 5.56 Å². The molecule has 0 aliphatic carbocycles. The van der Waals surface area contributed by atoms with Gasteiger partial charge in [0.2, 0.25) is 0 Å². The molecule has 1 N–H and O–H groups in total. The fourth-order valence-electron chi connectivity index (χ4n) is 2.97. The van der Waals surface area contributed by atoms with Gasteiger partial charge >= 0.3 is 0 Å². The van der Waals surface area contributed by atoms with Crippen LogP contribution in [0.3, 0.4) is 0 Å². The van der Waals surface area contributed by atoms with Crippen molar-refractivity contribution in [3.05, 3.63) is 76.7 Å². The zero-order valence-electron chi connectivity index (χ0n) is 17.1. The number of amides is 1. The van der Waals surface area contributed by atoms with E-state index in [0.717, 1.165) is 11.3 Å². The lowest BCUT2D eigenvalue weighted by Gasteiger charge is -2.10. The van der Waals surface area contributed by atoms with Crippen molar-refractivity contribution in [3.8, 4) is 11.4 Å². The average Bonchev–Trinajstić information content (AvgIpc) is 3.33. The summed E-state index contributed by atoms with van der Waals surface area (Å²) in [6, 6.07) is 10.8. The first kappa shape index (κ1) is 20.2. The molecule has 0 spiro atoms. The Morgan fingerprint density at radius 3 is 2.58 bits per heavy atom. The maximum atomic E-state index is 14.2. The molecular weight excluding hydrogens is 403 g/mol. The van der Waals surface area contributed by atoms with Crippen molar-refractivity contribution >= 4 is 11.6 Å². The topological polar surface area (TPSA) is 108 Å². The zero-order valence-corrected chi connectivity index (χ0v) is 17.1. The van der Waals surface area contributed by atoms with Gasteiger partial charge in [0.1, 0.15) is 23.9 Å². The second kappa shape index (κ2) is 8.34. The number of carbonyl (C=O) groups excluding carboxylic acids is 1. The van der Waals surface area contributed by atoms with Gasteiger partial charge in [0.15, 0.2) is 5.82 Å². The molecule has 1 amide bonds. The van der Waals surface area contributed by atoms with Gasteiger partial charge in [-0.1, -0.05) is 5.16 Å². The van der Waals surface area contributed by atoms with Crippen molar-refractivity contribution in [2.75, 3.05) is 5.32 Å². The first-order valence-corrected chi connectivity index (χ1v) is 9.43.